The molecule has 0 spiro atoms. The molecule has 2 aromatic rings. The largest absolute Gasteiger partial charge is 0.464 e. The van der Waals surface area contributed by atoms with Crippen LogP contribution in [0.4, 0.5) is 0 Å². The van der Waals surface area contributed by atoms with Crippen molar-refractivity contribution in [2.24, 2.45) is 7.05 Å². The fourth-order valence-electron chi connectivity index (χ4n) is 1.76. The molecule has 0 radical (unpaired) electrons. The minimum absolute atomic E-state index is 0.779. The van der Waals surface area contributed by atoms with E-state index in [1.165, 1.54) is 0 Å². The van der Waals surface area contributed by atoms with Crippen molar-refractivity contribution >= 4 is 11.8 Å². The van der Waals surface area contributed by atoms with E-state index in [1.807, 2.05) is 36.1 Å². The Kier molecular flexibility index (Phi) is 4.90. The normalized spacial score (nSPS) is 11.0. The molecule has 18 heavy (non-hydrogen) atoms. The minimum atomic E-state index is 0.779. The van der Waals surface area contributed by atoms with Crippen LogP contribution in [-0.4, -0.2) is 22.6 Å². The Balaban J connectivity index is 1.68. The zero-order chi connectivity index (χ0) is 12.8. The summed E-state index contributed by atoms with van der Waals surface area (Å²) in [6, 6.07) is 6.14. The van der Waals surface area contributed by atoms with E-state index in [1.54, 1.807) is 11.8 Å². The first-order chi connectivity index (χ1) is 8.78. The highest BCUT2D eigenvalue weighted by atomic mass is 32.2. The number of aryl methyl sites for hydroxylation is 1. The standard InChI is InChI=1S/C13H19N3OS/c1-16-8-6-11(15-16)5-7-14-9-12-3-4-13(17-12)10-18-2/h3-4,6,8,14H,5,7,9-10H2,1-2H3. The van der Waals surface area contributed by atoms with Crippen molar-refractivity contribution in [2.45, 2.75) is 18.7 Å². The van der Waals surface area contributed by atoms with E-state index in [2.05, 4.69) is 16.7 Å². The maximum absolute atomic E-state index is 5.68. The van der Waals surface area contributed by atoms with Crippen LogP contribution >= 0.6 is 11.8 Å². The molecule has 0 fully saturated rings. The van der Waals surface area contributed by atoms with Crippen molar-refractivity contribution in [3.63, 3.8) is 0 Å². The van der Waals surface area contributed by atoms with Crippen LogP contribution in [-0.2, 0) is 25.8 Å². The van der Waals surface area contributed by atoms with Gasteiger partial charge in [0.1, 0.15) is 11.5 Å². The topological polar surface area (TPSA) is 43.0 Å². The first-order valence-electron chi connectivity index (χ1n) is 6.03. The van der Waals surface area contributed by atoms with E-state index in [9.17, 15) is 0 Å². The second-order valence-electron chi connectivity index (χ2n) is 4.21. The molecule has 0 bridgehead atoms. The van der Waals surface area contributed by atoms with E-state index in [-0.39, 0.29) is 0 Å². The number of rotatable bonds is 7. The number of nitrogens with zero attached hydrogens (tertiary/aromatic N) is 2. The van der Waals surface area contributed by atoms with Gasteiger partial charge < -0.3 is 9.73 Å². The van der Waals surface area contributed by atoms with E-state index in [4.69, 9.17) is 4.42 Å². The van der Waals surface area contributed by atoms with Gasteiger partial charge in [-0.15, -0.1) is 0 Å². The Morgan fingerprint density at radius 2 is 2.17 bits per heavy atom. The van der Waals surface area contributed by atoms with Gasteiger partial charge in [-0.1, -0.05) is 0 Å². The highest BCUT2D eigenvalue weighted by Gasteiger charge is 2.01. The van der Waals surface area contributed by atoms with E-state index in [0.29, 0.717) is 0 Å². The van der Waals surface area contributed by atoms with Crippen molar-refractivity contribution in [2.75, 3.05) is 12.8 Å². The van der Waals surface area contributed by atoms with Gasteiger partial charge in [-0.25, -0.2) is 0 Å². The number of thioether (sulfide) groups is 1. The predicted octanol–water partition coefficient (Wildman–Crippen LogP) is 2.21. The summed E-state index contributed by atoms with van der Waals surface area (Å²) in [4.78, 5) is 0. The third-order valence-corrected chi connectivity index (χ3v) is 3.20. The Morgan fingerprint density at radius 3 is 2.89 bits per heavy atom. The fraction of sp³-hybridized carbons (Fsp3) is 0.462. The van der Waals surface area contributed by atoms with Gasteiger partial charge in [0.05, 0.1) is 18.0 Å². The maximum atomic E-state index is 5.68. The summed E-state index contributed by atoms with van der Waals surface area (Å²) in [7, 11) is 1.94. The zero-order valence-electron chi connectivity index (χ0n) is 10.8. The number of nitrogens with one attached hydrogen (secondary N) is 1. The molecule has 2 aromatic heterocycles. The molecule has 2 rings (SSSR count). The number of aromatic nitrogens is 2. The second-order valence-corrected chi connectivity index (χ2v) is 5.07. The molecule has 0 atom stereocenters. The summed E-state index contributed by atoms with van der Waals surface area (Å²) in [6.07, 6.45) is 4.99. The lowest BCUT2D eigenvalue weighted by atomic mass is 10.3. The van der Waals surface area contributed by atoms with E-state index >= 15 is 0 Å². The van der Waals surface area contributed by atoms with Gasteiger partial charge in [0, 0.05) is 26.2 Å². The smallest absolute Gasteiger partial charge is 0.117 e. The van der Waals surface area contributed by atoms with E-state index < -0.39 is 0 Å². The van der Waals surface area contributed by atoms with Crippen molar-refractivity contribution < 1.29 is 4.42 Å². The molecule has 5 heteroatoms. The summed E-state index contributed by atoms with van der Waals surface area (Å²) < 4.78 is 7.51. The Bertz CT molecular complexity index is 478. The van der Waals surface area contributed by atoms with Crippen LogP contribution in [0.1, 0.15) is 17.2 Å². The van der Waals surface area contributed by atoms with Crippen molar-refractivity contribution in [1.82, 2.24) is 15.1 Å². The molecule has 4 nitrogen and oxygen atoms in total. The maximum Gasteiger partial charge on any atom is 0.117 e. The molecule has 0 unspecified atom stereocenters. The molecule has 0 saturated heterocycles. The number of furan rings is 1. The predicted molar refractivity (Wildman–Crippen MR) is 74.5 cm³/mol. The lowest BCUT2D eigenvalue weighted by Crippen LogP contribution is -2.16. The Labute approximate surface area is 112 Å². The summed E-state index contributed by atoms with van der Waals surface area (Å²) in [6.45, 7) is 1.69. The van der Waals surface area contributed by atoms with Crippen molar-refractivity contribution in [3.8, 4) is 0 Å². The highest BCUT2D eigenvalue weighted by Crippen LogP contribution is 2.13. The highest BCUT2D eigenvalue weighted by molar-refractivity contribution is 7.97. The van der Waals surface area contributed by atoms with Crippen LogP contribution in [0.2, 0.25) is 0 Å². The van der Waals surface area contributed by atoms with Crippen molar-refractivity contribution in [3.05, 3.63) is 41.6 Å². The van der Waals surface area contributed by atoms with Crippen LogP contribution in [0.15, 0.2) is 28.8 Å². The quantitative estimate of drug-likeness (QED) is 0.780. The third kappa shape index (κ3) is 3.92. The van der Waals surface area contributed by atoms with Crippen LogP contribution < -0.4 is 5.32 Å². The van der Waals surface area contributed by atoms with Gasteiger partial charge in [-0.2, -0.15) is 16.9 Å². The molecule has 0 aliphatic carbocycles. The van der Waals surface area contributed by atoms with Crippen LogP contribution in [0.3, 0.4) is 0 Å². The Hall–Kier alpha value is -1.20. The average molecular weight is 265 g/mol. The molecule has 1 N–H and O–H groups in total. The molecule has 2 heterocycles. The minimum Gasteiger partial charge on any atom is -0.464 e. The number of hydrogen-bond donors (Lipinski definition) is 1. The molecule has 0 aromatic carbocycles. The molecule has 0 aliphatic rings. The monoisotopic (exact) mass is 265 g/mol. The SMILES string of the molecule is CSCc1ccc(CNCCc2ccn(C)n2)o1. The molecular formula is C13H19N3OS. The van der Waals surface area contributed by atoms with Gasteiger partial charge in [0.15, 0.2) is 0 Å². The molecule has 0 saturated carbocycles. The van der Waals surface area contributed by atoms with Crippen LogP contribution in [0.25, 0.3) is 0 Å². The summed E-state index contributed by atoms with van der Waals surface area (Å²) in [5, 5.41) is 7.70. The van der Waals surface area contributed by atoms with Gasteiger partial charge in [0.2, 0.25) is 0 Å². The van der Waals surface area contributed by atoms with Crippen molar-refractivity contribution in [1.29, 1.82) is 0 Å². The Morgan fingerprint density at radius 1 is 1.33 bits per heavy atom. The van der Waals surface area contributed by atoms with Gasteiger partial charge >= 0.3 is 0 Å². The molecular weight excluding hydrogens is 246 g/mol. The third-order valence-electron chi connectivity index (χ3n) is 2.63. The molecule has 0 amide bonds. The lowest BCUT2D eigenvalue weighted by Gasteiger charge is -2.01. The lowest BCUT2D eigenvalue weighted by molar-refractivity contribution is 0.460. The van der Waals surface area contributed by atoms with Gasteiger partial charge in [-0.05, 0) is 24.5 Å². The summed E-state index contributed by atoms with van der Waals surface area (Å²) in [5.41, 5.74) is 1.12. The summed E-state index contributed by atoms with van der Waals surface area (Å²) >= 11 is 1.77. The first-order valence-corrected chi connectivity index (χ1v) is 7.43. The zero-order valence-corrected chi connectivity index (χ0v) is 11.7. The van der Waals surface area contributed by atoms with Crippen LogP contribution in [0, 0.1) is 0 Å². The van der Waals surface area contributed by atoms with Gasteiger partial charge in [-0.3, -0.25) is 4.68 Å². The first kappa shape index (κ1) is 13.2. The van der Waals surface area contributed by atoms with E-state index in [0.717, 1.165) is 42.5 Å². The second kappa shape index (κ2) is 6.66. The fourth-order valence-corrected chi connectivity index (χ4v) is 2.20. The van der Waals surface area contributed by atoms with Gasteiger partial charge in [0.25, 0.3) is 0 Å². The molecule has 98 valence electrons. The molecule has 0 aliphatic heterocycles. The van der Waals surface area contributed by atoms with Crippen LogP contribution in [0.5, 0.6) is 0 Å². The number of hydrogen-bond acceptors (Lipinski definition) is 4. The summed E-state index contributed by atoms with van der Waals surface area (Å²) in [5.74, 6) is 2.98. The average Bonchev–Trinajstić information content (AvgIpc) is 2.95.